The van der Waals surface area contributed by atoms with Crippen molar-refractivity contribution in [2.75, 3.05) is 0 Å². The summed E-state index contributed by atoms with van der Waals surface area (Å²) in [7, 11) is 1.99. The lowest BCUT2D eigenvalue weighted by Crippen LogP contribution is -2.19. The fourth-order valence-electron chi connectivity index (χ4n) is 1.64. The Morgan fingerprint density at radius 3 is 2.65 bits per heavy atom. The molecule has 1 atom stereocenters. The molecular formula is C12H18N4S. The molecule has 2 aromatic heterocycles. The highest BCUT2D eigenvalue weighted by Crippen LogP contribution is 2.22. The van der Waals surface area contributed by atoms with Crippen molar-refractivity contribution < 1.29 is 0 Å². The van der Waals surface area contributed by atoms with Gasteiger partial charge in [-0.3, -0.25) is 0 Å². The van der Waals surface area contributed by atoms with Crippen molar-refractivity contribution >= 4 is 11.3 Å². The van der Waals surface area contributed by atoms with Crippen LogP contribution in [0.3, 0.4) is 0 Å². The Kier molecular flexibility index (Phi) is 3.59. The second-order valence-corrected chi connectivity index (χ2v) is 5.59. The van der Waals surface area contributed by atoms with Crippen LogP contribution in [0, 0.1) is 13.8 Å². The number of nitrogens with zero attached hydrogens (tertiary/aromatic N) is 3. The van der Waals surface area contributed by atoms with Gasteiger partial charge in [-0.25, -0.2) is 0 Å². The first-order chi connectivity index (χ1) is 8.08. The number of hydrogen-bond donors (Lipinski definition) is 1. The lowest BCUT2D eigenvalue weighted by molar-refractivity contribution is 0.554. The monoisotopic (exact) mass is 250 g/mol. The average molecular weight is 250 g/mol. The second kappa shape index (κ2) is 4.98. The van der Waals surface area contributed by atoms with Crippen LogP contribution < -0.4 is 5.32 Å². The molecule has 5 heteroatoms. The molecule has 0 aliphatic heterocycles. The van der Waals surface area contributed by atoms with Crippen LogP contribution in [-0.4, -0.2) is 14.8 Å². The molecule has 0 saturated carbocycles. The maximum atomic E-state index is 4.14. The Morgan fingerprint density at radius 2 is 2.12 bits per heavy atom. The molecule has 4 nitrogen and oxygen atoms in total. The third kappa shape index (κ3) is 2.73. The van der Waals surface area contributed by atoms with Crippen LogP contribution in [-0.2, 0) is 13.6 Å². The molecule has 0 saturated heterocycles. The van der Waals surface area contributed by atoms with E-state index in [1.54, 1.807) is 0 Å². The minimum atomic E-state index is 0.353. The van der Waals surface area contributed by atoms with Crippen LogP contribution in [0.25, 0.3) is 0 Å². The highest BCUT2D eigenvalue weighted by Gasteiger charge is 2.09. The van der Waals surface area contributed by atoms with Gasteiger partial charge in [-0.15, -0.1) is 21.5 Å². The van der Waals surface area contributed by atoms with E-state index in [2.05, 4.69) is 41.5 Å². The van der Waals surface area contributed by atoms with Gasteiger partial charge in [0.25, 0.3) is 0 Å². The highest BCUT2D eigenvalue weighted by molar-refractivity contribution is 7.12. The smallest absolute Gasteiger partial charge is 0.146 e. The quantitative estimate of drug-likeness (QED) is 0.905. The first kappa shape index (κ1) is 12.3. The first-order valence-corrected chi connectivity index (χ1v) is 6.54. The van der Waals surface area contributed by atoms with E-state index >= 15 is 0 Å². The van der Waals surface area contributed by atoms with Crippen molar-refractivity contribution in [2.24, 2.45) is 7.05 Å². The summed E-state index contributed by atoms with van der Waals surface area (Å²) in [6, 6.07) is 4.69. The van der Waals surface area contributed by atoms with Gasteiger partial charge in [0.1, 0.15) is 11.6 Å². The minimum Gasteiger partial charge on any atom is -0.317 e. The van der Waals surface area contributed by atoms with Gasteiger partial charge in [0, 0.05) is 22.8 Å². The maximum absolute atomic E-state index is 4.14. The Hall–Kier alpha value is -1.20. The molecule has 17 heavy (non-hydrogen) atoms. The third-order valence-corrected chi connectivity index (χ3v) is 4.12. The molecule has 0 amide bonds. The van der Waals surface area contributed by atoms with E-state index in [-0.39, 0.29) is 0 Å². The molecule has 2 rings (SSSR count). The van der Waals surface area contributed by atoms with Gasteiger partial charge in [-0.2, -0.15) is 0 Å². The molecule has 2 aromatic rings. The number of hydrogen-bond acceptors (Lipinski definition) is 4. The Bertz CT molecular complexity index is 500. The molecule has 0 aromatic carbocycles. The Morgan fingerprint density at radius 1 is 1.35 bits per heavy atom. The van der Waals surface area contributed by atoms with E-state index in [4.69, 9.17) is 0 Å². The Labute approximate surface area is 106 Å². The van der Waals surface area contributed by atoms with Gasteiger partial charge in [0.15, 0.2) is 0 Å². The molecule has 0 aliphatic carbocycles. The zero-order chi connectivity index (χ0) is 12.4. The number of aryl methyl sites for hydroxylation is 2. The molecule has 0 fully saturated rings. The van der Waals surface area contributed by atoms with Crippen molar-refractivity contribution in [1.29, 1.82) is 0 Å². The van der Waals surface area contributed by atoms with Gasteiger partial charge < -0.3 is 9.88 Å². The number of aromatic nitrogens is 3. The van der Waals surface area contributed by atoms with Crippen molar-refractivity contribution in [3.05, 3.63) is 33.5 Å². The summed E-state index contributed by atoms with van der Waals surface area (Å²) in [5.41, 5.74) is 0. The zero-order valence-corrected chi connectivity index (χ0v) is 11.5. The predicted octanol–water partition coefficient (Wildman–Crippen LogP) is 2.34. The van der Waals surface area contributed by atoms with Crippen LogP contribution >= 0.6 is 11.3 Å². The molecule has 2 heterocycles. The molecular weight excluding hydrogens is 232 g/mol. The fraction of sp³-hybridized carbons (Fsp3) is 0.500. The summed E-state index contributed by atoms with van der Waals surface area (Å²) in [4.78, 5) is 2.71. The molecule has 0 aliphatic rings. The van der Waals surface area contributed by atoms with E-state index < -0.39 is 0 Å². The highest BCUT2D eigenvalue weighted by atomic mass is 32.1. The largest absolute Gasteiger partial charge is 0.317 e. The normalized spacial score (nSPS) is 12.9. The Balaban J connectivity index is 1.96. The summed E-state index contributed by atoms with van der Waals surface area (Å²) in [5.74, 6) is 1.92. The summed E-state index contributed by atoms with van der Waals surface area (Å²) < 4.78 is 2.01. The van der Waals surface area contributed by atoms with Crippen LogP contribution in [0.1, 0.15) is 34.4 Å². The predicted molar refractivity (Wildman–Crippen MR) is 70.1 cm³/mol. The lowest BCUT2D eigenvalue weighted by atomic mass is 10.2. The zero-order valence-electron chi connectivity index (χ0n) is 10.7. The van der Waals surface area contributed by atoms with Crippen LogP contribution in [0.5, 0.6) is 0 Å². The van der Waals surface area contributed by atoms with Crippen molar-refractivity contribution in [2.45, 2.75) is 33.4 Å². The molecule has 0 spiro atoms. The van der Waals surface area contributed by atoms with E-state index in [1.165, 1.54) is 9.75 Å². The van der Waals surface area contributed by atoms with E-state index in [0.29, 0.717) is 6.04 Å². The van der Waals surface area contributed by atoms with Gasteiger partial charge in [0.05, 0.1) is 6.54 Å². The first-order valence-electron chi connectivity index (χ1n) is 5.72. The van der Waals surface area contributed by atoms with E-state index in [9.17, 15) is 0 Å². The van der Waals surface area contributed by atoms with E-state index in [1.807, 2.05) is 29.9 Å². The van der Waals surface area contributed by atoms with Crippen molar-refractivity contribution in [1.82, 2.24) is 20.1 Å². The number of nitrogens with one attached hydrogen (secondary N) is 1. The van der Waals surface area contributed by atoms with Gasteiger partial charge in [0.2, 0.25) is 0 Å². The lowest BCUT2D eigenvalue weighted by Gasteiger charge is -2.11. The average Bonchev–Trinajstić information content (AvgIpc) is 2.86. The number of rotatable bonds is 4. The van der Waals surface area contributed by atoms with Crippen LogP contribution in [0.4, 0.5) is 0 Å². The number of thiophene rings is 1. The minimum absolute atomic E-state index is 0.353. The van der Waals surface area contributed by atoms with Crippen molar-refractivity contribution in [3.63, 3.8) is 0 Å². The second-order valence-electron chi connectivity index (χ2n) is 4.27. The maximum Gasteiger partial charge on any atom is 0.146 e. The van der Waals surface area contributed by atoms with Gasteiger partial charge in [-0.05, 0) is 32.9 Å². The topological polar surface area (TPSA) is 42.7 Å². The molecule has 1 N–H and O–H groups in total. The molecule has 0 radical (unpaired) electrons. The molecule has 1 unspecified atom stereocenters. The third-order valence-electron chi connectivity index (χ3n) is 2.94. The SMILES string of the molecule is Cc1ccc(C(C)NCc2nnc(C)n2C)s1. The van der Waals surface area contributed by atoms with Gasteiger partial charge in [-0.1, -0.05) is 0 Å². The summed E-state index contributed by atoms with van der Waals surface area (Å²) in [5, 5.41) is 11.7. The summed E-state index contributed by atoms with van der Waals surface area (Å²) in [6.45, 7) is 7.01. The standard InChI is InChI=1S/C12H18N4S/c1-8-5-6-11(17-8)9(2)13-7-12-15-14-10(3)16(12)4/h5-6,9,13H,7H2,1-4H3. The summed E-state index contributed by atoms with van der Waals surface area (Å²) >= 11 is 1.84. The van der Waals surface area contributed by atoms with Crippen molar-refractivity contribution in [3.8, 4) is 0 Å². The van der Waals surface area contributed by atoms with Crippen LogP contribution in [0.2, 0.25) is 0 Å². The molecule has 0 bridgehead atoms. The van der Waals surface area contributed by atoms with E-state index in [0.717, 1.165) is 18.2 Å². The van der Waals surface area contributed by atoms with Crippen LogP contribution in [0.15, 0.2) is 12.1 Å². The van der Waals surface area contributed by atoms with Gasteiger partial charge >= 0.3 is 0 Å². The fourth-order valence-corrected chi connectivity index (χ4v) is 2.54. The molecule has 92 valence electrons. The summed E-state index contributed by atoms with van der Waals surface area (Å²) in [6.07, 6.45) is 0.